The molecule has 7 heteroatoms. The Morgan fingerprint density at radius 2 is 2.23 bits per heavy atom. The third kappa shape index (κ3) is 2.13. The first kappa shape index (κ1) is 9.87. The van der Waals surface area contributed by atoms with Crippen molar-refractivity contribution in [3.8, 4) is 0 Å². The Kier molecular flexibility index (Phi) is 2.78. The normalized spacial score (nSPS) is 10.2. The number of carbonyl (C=O) groups excluding carboxylic acids is 1. The van der Waals surface area contributed by atoms with Crippen molar-refractivity contribution in [3.63, 3.8) is 0 Å². The predicted octanol–water partition coefficient (Wildman–Crippen LogP) is -2.73. The number of anilines is 1. The van der Waals surface area contributed by atoms with Crippen LogP contribution in [-0.4, -0.2) is 36.3 Å². The maximum Gasteiger partial charge on any atom is 0.356 e. The summed E-state index contributed by atoms with van der Waals surface area (Å²) in [5, 5.41) is 0. The Morgan fingerprint density at radius 3 is 2.62 bits per heavy atom. The molecular formula is C6H11N3O2Si2. The van der Waals surface area contributed by atoms with Gasteiger partial charge >= 0.3 is 5.69 Å². The van der Waals surface area contributed by atoms with E-state index in [1.54, 1.807) is 6.07 Å². The summed E-state index contributed by atoms with van der Waals surface area (Å²) in [5.41, 5.74) is -0.498. The van der Waals surface area contributed by atoms with Gasteiger partial charge in [-0.15, -0.1) is 0 Å². The van der Waals surface area contributed by atoms with Crippen molar-refractivity contribution in [2.24, 2.45) is 0 Å². The van der Waals surface area contributed by atoms with Crippen LogP contribution < -0.4 is 9.92 Å². The van der Waals surface area contributed by atoms with Gasteiger partial charge in [-0.2, -0.15) is 4.98 Å². The molecule has 5 nitrogen and oxygen atoms in total. The SMILES string of the molecule is CC(=O)n1ccc(N([SiH3])[SiH3])nc1=O. The van der Waals surface area contributed by atoms with Crippen molar-refractivity contribution in [1.29, 1.82) is 0 Å². The Balaban J connectivity index is 3.21. The molecule has 70 valence electrons. The van der Waals surface area contributed by atoms with Gasteiger partial charge in [0, 0.05) is 13.1 Å². The quantitative estimate of drug-likeness (QED) is 0.475. The summed E-state index contributed by atoms with van der Waals surface area (Å²) in [6.07, 6.45) is 1.47. The van der Waals surface area contributed by atoms with Crippen molar-refractivity contribution >= 4 is 32.5 Å². The molecular weight excluding hydrogens is 202 g/mol. The number of hydrogen-bond acceptors (Lipinski definition) is 4. The van der Waals surface area contributed by atoms with E-state index in [1.165, 1.54) is 13.1 Å². The summed E-state index contributed by atoms with van der Waals surface area (Å²) in [4.78, 5) is 25.9. The monoisotopic (exact) mass is 213 g/mol. The number of nitrogens with zero attached hydrogens (tertiary/aromatic N) is 3. The van der Waals surface area contributed by atoms with Crippen molar-refractivity contribution < 1.29 is 4.79 Å². The number of carbonyl (C=O) groups is 1. The molecule has 0 aromatic carbocycles. The second-order valence-corrected chi connectivity index (χ2v) is 7.32. The van der Waals surface area contributed by atoms with E-state index in [2.05, 4.69) is 4.98 Å². The molecule has 1 heterocycles. The van der Waals surface area contributed by atoms with Gasteiger partial charge in [-0.3, -0.25) is 4.79 Å². The van der Waals surface area contributed by atoms with Crippen LogP contribution in [0.1, 0.15) is 11.7 Å². The van der Waals surface area contributed by atoms with Crippen molar-refractivity contribution in [2.75, 3.05) is 4.23 Å². The molecule has 0 bridgehead atoms. The number of rotatable bonds is 1. The lowest BCUT2D eigenvalue weighted by Crippen LogP contribution is -2.29. The molecule has 0 aliphatic carbocycles. The first-order chi connectivity index (χ1) is 6.02. The maximum atomic E-state index is 11.2. The molecule has 0 aliphatic heterocycles. The summed E-state index contributed by atoms with van der Waals surface area (Å²) >= 11 is 0. The zero-order valence-electron chi connectivity index (χ0n) is 7.81. The van der Waals surface area contributed by atoms with Crippen molar-refractivity contribution in [3.05, 3.63) is 22.7 Å². The van der Waals surface area contributed by atoms with Crippen LogP contribution in [-0.2, 0) is 0 Å². The van der Waals surface area contributed by atoms with E-state index in [-0.39, 0.29) is 5.91 Å². The minimum Gasteiger partial charge on any atom is -0.424 e. The van der Waals surface area contributed by atoms with Gasteiger partial charge in [0.1, 0.15) is 5.82 Å². The van der Waals surface area contributed by atoms with E-state index in [0.29, 0.717) is 5.82 Å². The largest absolute Gasteiger partial charge is 0.424 e. The highest BCUT2D eigenvalue weighted by Crippen LogP contribution is 1.99. The molecule has 0 fully saturated rings. The second kappa shape index (κ2) is 3.66. The van der Waals surface area contributed by atoms with Gasteiger partial charge in [0.05, 0.1) is 20.8 Å². The van der Waals surface area contributed by atoms with Crippen LogP contribution in [0.3, 0.4) is 0 Å². The topological polar surface area (TPSA) is 55.2 Å². The lowest BCUT2D eigenvalue weighted by Gasteiger charge is -2.11. The average molecular weight is 213 g/mol. The molecule has 13 heavy (non-hydrogen) atoms. The zero-order valence-corrected chi connectivity index (χ0v) is 11.8. The van der Waals surface area contributed by atoms with Crippen molar-refractivity contribution in [1.82, 2.24) is 9.55 Å². The Bertz CT molecular complexity index is 388. The highest BCUT2D eigenvalue weighted by atomic mass is 28.2. The molecule has 0 saturated heterocycles. The number of hydrogen-bond donors (Lipinski definition) is 0. The minimum absolute atomic E-state index is 0.308. The van der Waals surface area contributed by atoms with Crippen LogP contribution in [0.4, 0.5) is 5.82 Å². The smallest absolute Gasteiger partial charge is 0.356 e. The third-order valence-electron chi connectivity index (χ3n) is 1.59. The molecule has 0 atom stereocenters. The molecule has 0 saturated carbocycles. The fourth-order valence-corrected chi connectivity index (χ4v) is 1.38. The standard InChI is InChI=1S/C6H11N3O2Si2/c1-4(10)8-3-2-5(9(12)13)7-6(8)11/h2-3H,1,12-13H3. The van der Waals surface area contributed by atoms with Crippen LogP contribution in [0, 0.1) is 0 Å². The van der Waals surface area contributed by atoms with Crippen molar-refractivity contribution in [2.45, 2.75) is 6.92 Å². The Hall–Kier alpha value is -1.22. The van der Waals surface area contributed by atoms with E-state index in [4.69, 9.17) is 0 Å². The van der Waals surface area contributed by atoms with E-state index in [0.717, 1.165) is 25.4 Å². The molecule has 0 aliphatic rings. The van der Waals surface area contributed by atoms with Crippen LogP contribution in [0.15, 0.2) is 17.1 Å². The van der Waals surface area contributed by atoms with Gasteiger partial charge in [-0.05, 0) is 6.07 Å². The van der Waals surface area contributed by atoms with E-state index in [1.807, 2.05) is 4.23 Å². The Morgan fingerprint density at radius 1 is 1.62 bits per heavy atom. The van der Waals surface area contributed by atoms with Gasteiger partial charge in [0.2, 0.25) is 5.91 Å². The fraction of sp³-hybridized carbons (Fsp3) is 0.167. The summed E-state index contributed by atoms with van der Waals surface area (Å²) in [6, 6.07) is 1.68. The summed E-state index contributed by atoms with van der Waals surface area (Å²) in [5.74, 6) is 0.359. The third-order valence-corrected chi connectivity index (χ3v) is 2.50. The van der Waals surface area contributed by atoms with Crippen LogP contribution in [0.25, 0.3) is 0 Å². The van der Waals surface area contributed by atoms with Gasteiger partial charge in [-0.25, -0.2) is 9.36 Å². The highest BCUT2D eigenvalue weighted by Gasteiger charge is 2.03. The number of aromatic nitrogens is 2. The molecule has 0 unspecified atom stereocenters. The fourth-order valence-electron chi connectivity index (χ4n) is 0.883. The Labute approximate surface area is 81.4 Å². The molecule has 0 N–H and O–H groups in total. The second-order valence-electron chi connectivity index (χ2n) is 2.85. The van der Waals surface area contributed by atoms with E-state index in [9.17, 15) is 9.59 Å². The lowest BCUT2D eigenvalue weighted by atomic mass is 10.5. The van der Waals surface area contributed by atoms with Gasteiger partial charge in [-0.1, -0.05) is 0 Å². The molecule has 0 amide bonds. The van der Waals surface area contributed by atoms with E-state index >= 15 is 0 Å². The summed E-state index contributed by atoms with van der Waals surface area (Å²) in [7, 11) is 1.70. The molecule has 0 spiro atoms. The first-order valence-corrected chi connectivity index (χ1v) is 5.59. The highest BCUT2D eigenvalue weighted by molar-refractivity contribution is 6.41. The predicted molar refractivity (Wildman–Crippen MR) is 57.2 cm³/mol. The van der Waals surface area contributed by atoms with Crippen LogP contribution in [0.5, 0.6) is 0 Å². The lowest BCUT2D eigenvalue weighted by molar-refractivity contribution is 0.0930. The van der Waals surface area contributed by atoms with Gasteiger partial charge < -0.3 is 4.23 Å². The van der Waals surface area contributed by atoms with Crippen LogP contribution in [0.2, 0.25) is 0 Å². The molecule has 0 radical (unpaired) electrons. The molecule has 1 rings (SSSR count). The zero-order chi connectivity index (χ0) is 10.0. The maximum absolute atomic E-state index is 11.2. The van der Waals surface area contributed by atoms with Crippen LogP contribution >= 0.6 is 0 Å². The summed E-state index contributed by atoms with van der Waals surface area (Å²) < 4.78 is 2.97. The van der Waals surface area contributed by atoms with Gasteiger partial charge in [0.25, 0.3) is 0 Å². The molecule has 1 aromatic heterocycles. The van der Waals surface area contributed by atoms with Gasteiger partial charge in [0.15, 0.2) is 0 Å². The van der Waals surface area contributed by atoms with E-state index < -0.39 is 5.69 Å². The minimum atomic E-state index is -0.498. The molecule has 1 aromatic rings. The first-order valence-electron chi connectivity index (χ1n) is 3.80. The summed E-state index contributed by atoms with van der Waals surface area (Å²) in [6.45, 7) is 1.34. The average Bonchev–Trinajstić information content (AvgIpc) is 2.03.